The predicted molar refractivity (Wildman–Crippen MR) is 64.1 cm³/mol. The summed E-state index contributed by atoms with van der Waals surface area (Å²) in [7, 11) is 0. The number of ether oxygens (including phenoxy) is 1. The molecule has 0 saturated heterocycles. The van der Waals surface area contributed by atoms with Crippen LogP contribution in [0.4, 0.5) is 0 Å². The molecule has 0 fully saturated rings. The number of unbranched alkanes of at least 4 members (excludes halogenated alkanes) is 3. The van der Waals surface area contributed by atoms with Gasteiger partial charge in [0.2, 0.25) is 0 Å². The summed E-state index contributed by atoms with van der Waals surface area (Å²) in [5.41, 5.74) is 0. The van der Waals surface area contributed by atoms with Crippen molar-refractivity contribution in [1.82, 2.24) is 0 Å². The second-order valence-corrected chi connectivity index (χ2v) is 3.23. The van der Waals surface area contributed by atoms with E-state index in [0.717, 1.165) is 38.2 Å². The van der Waals surface area contributed by atoms with Crippen LogP contribution in [-0.4, -0.2) is 36.0 Å². The van der Waals surface area contributed by atoms with Crippen LogP contribution in [0.5, 0.6) is 0 Å². The second-order valence-electron chi connectivity index (χ2n) is 3.23. The van der Waals surface area contributed by atoms with Crippen LogP contribution in [0.2, 0.25) is 0 Å². The Balaban J connectivity index is 0. The zero-order valence-corrected chi connectivity index (χ0v) is 10.2. The van der Waals surface area contributed by atoms with Crippen LogP contribution in [0.3, 0.4) is 0 Å². The molecular weight excluding hydrogens is 208 g/mol. The summed E-state index contributed by atoms with van der Waals surface area (Å²) in [5.74, 6) is -0.341. The Hall–Kier alpha value is -0.870. The number of hydrogen-bond acceptors (Lipinski definition) is 4. The lowest BCUT2D eigenvalue weighted by molar-refractivity contribution is -0.137. The lowest BCUT2D eigenvalue weighted by atomic mass is 10.2. The molecule has 0 unspecified atom stereocenters. The monoisotopic (exact) mass is 232 g/mol. The molecule has 4 nitrogen and oxygen atoms in total. The first-order valence-corrected chi connectivity index (χ1v) is 5.73. The van der Waals surface area contributed by atoms with Crippen molar-refractivity contribution in [3.8, 4) is 0 Å². The van der Waals surface area contributed by atoms with Gasteiger partial charge in [-0.1, -0.05) is 26.3 Å². The summed E-state index contributed by atoms with van der Waals surface area (Å²) in [6.45, 7) is 6.24. The molecule has 0 amide bonds. The maximum absolute atomic E-state index is 10.2. The highest BCUT2D eigenvalue weighted by atomic mass is 16.5. The number of carbonyl (C=O) groups is 1. The van der Waals surface area contributed by atoms with Crippen LogP contribution in [0.15, 0.2) is 12.7 Å². The minimum atomic E-state index is -0.341. The van der Waals surface area contributed by atoms with Crippen molar-refractivity contribution in [2.24, 2.45) is 0 Å². The third-order valence-electron chi connectivity index (χ3n) is 1.68. The van der Waals surface area contributed by atoms with E-state index >= 15 is 0 Å². The molecular formula is C12H24O4. The summed E-state index contributed by atoms with van der Waals surface area (Å²) in [5, 5.41) is 16.6. The van der Waals surface area contributed by atoms with Crippen molar-refractivity contribution in [2.45, 2.75) is 39.0 Å². The van der Waals surface area contributed by atoms with Gasteiger partial charge < -0.3 is 14.9 Å². The second kappa shape index (κ2) is 16.6. The number of hydrogen-bond donors (Lipinski definition) is 2. The van der Waals surface area contributed by atoms with Crippen molar-refractivity contribution < 1.29 is 19.7 Å². The van der Waals surface area contributed by atoms with Crippen molar-refractivity contribution >= 4 is 5.97 Å². The maximum atomic E-state index is 10.2. The quantitative estimate of drug-likeness (QED) is 0.379. The number of esters is 1. The maximum Gasteiger partial charge on any atom is 0.330 e. The van der Waals surface area contributed by atoms with E-state index in [4.69, 9.17) is 10.2 Å². The first kappa shape index (κ1) is 17.5. The van der Waals surface area contributed by atoms with Crippen LogP contribution in [0.25, 0.3) is 0 Å². The molecule has 4 heteroatoms. The predicted octanol–water partition coefficient (Wildman–Crippen LogP) is 1.66. The molecule has 0 aromatic carbocycles. The van der Waals surface area contributed by atoms with Gasteiger partial charge in [-0.3, -0.25) is 0 Å². The first-order chi connectivity index (χ1) is 7.72. The molecule has 96 valence electrons. The van der Waals surface area contributed by atoms with Crippen LogP contribution in [-0.2, 0) is 9.53 Å². The van der Waals surface area contributed by atoms with Gasteiger partial charge in [0.15, 0.2) is 0 Å². The number of rotatable bonds is 8. The van der Waals surface area contributed by atoms with Gasteiger partial charge in [-0.15, -0.1) is 0 Å². The van der Waals surface area contributed by atoms with Gasteiger partial charge in [0, 0.05) is 19.3 Å². The summed E-state index contributed by atoms with van der Waals surface area (Å²) in [6.07, 6.45) is 5.85. The zero-order valence-electron chi connectivity index (χ0n) is 10.2. The molecule has 0 saturated carbocycles. The smallest absolute Gasteiger partial charge is 0.330 e. The summed E-state index contributed by atoms with van der Waals surface area (Å²) in [4.78, 5) is 10.2. The van der Waals surface area contributed by atoms with Crippen LogP contribution in [0, 0.1) is 0 Å². The Morgan fingerprint density at radius 3 is 2.00 bits per heavy atom. The lowest BCUT2D eigenvalue weighted by Gasteiger charge is -1.94. The molecule has 0 rings (SSSR count). The van der Waals surface area contributed by atoms with E-state index in [1.807, 2.05) is 6.92 Å². The largest absolute Gasteiger partial charge is 0.463 e. The fourth-order valence-electron chi connectivity index (χ4n) is 0.839. The van der Waals surface area contributed by atoms with Crippen molar-refractivity contribution in [3.05, 3.63) is 12.7 Å². The topological polar surface area (TPSA) is 66.8 Å². The number of carbonyl (C=O) groups excluding carboxylic acids is 1. The molecule has 0 aliphatic heterocycles. The van der Waals surface area contributed by atoms with E-state index in [9.17, 15) is 4.79 Å². The van der Waals surface area contributed by atoms with Crippen molar-refractivity contribution in [3.63, 3.8) is 0 Å². The minimum Gasteiger partial charge on any atom is -0.463 e. The molecule has 0 atom stereocenters. The van der Waals surface area contributed by atoms with Crippen LogP contribution < -0.4 is 0 Å². The third kappa shape index (κ3) is 18.8. The van der Waals surface area contributed by atoms with E-state index < -0.39 is 0 Å². The van der Waals surface area contributed by atoms with Gasteiger partial charge in [-0.2, -0.15) is 0 Å². The highest BCUT2D eigenvalue weighted by Gasteiger charge is 1.89. The van der Waals surface area contributed by atoms with Gasteiger partial charge in [-0.05, 0) is 19.3 Å². The fourth-order valence-corrected chi connectivity index (χ4v) is 0.839. The molecule has 0 heterocycles. The fraction of sp³-hybridized carbons (Fsp3) is 0.750. The van der Waals surface area contributed by atoms with E-state index in [-0.39, 0.29) is 19.2 Å². The number of aliphatic hydroxyl groups excluding tert-OH is 2. The van der Waals surface area contributed by atoms with Crippen LogP contribution >= 0.6 is 0 Å². The van der Waals surface area contributed by atoms with Gasteiger partial charge in [0.1, 0.15) is 0 Å². The normalized spacial score (nSPS) is 8.94. The molecule has 0 aliphatic carbocycles. The van der Waals surface area contributed by atoms with E-state index in [1.54, 1.807) is 0 Å². The molecule has 2 N–H and O–H groups in total. The Kier molecular flexibility index (Phi) is 18.1. The lowest BCUT2D eigenvalue weighted by Crippen LogP contribution is -1.99. The molecule has 0 radical (unpaired) electrons. The molecule has 0 aromatic rings. The zero-order chi connectivity index (χ0) is 12.6. The Labute approximate surface area is 97.9 Å². The Morgan fingerprint density at radius 2 is 1.69 bits per heavy atom. The van der Waals surface area contributed by atoms with Gasteiger partial charge in [0.05, 0.1) is 6.61 Å². The van der Waals surface area contributed by atoms with Gasteiger partial charge >= 0.3 is 5.97 Å². The van der Waals surface area contributed by atoms with Crippen LogP contribution in [0.1, 0.15) is 39.0 Å². The van der Waals surface area contributed by atoms with Gasteiger partial charge in [-0.25, -0.2) is 4.79 Å². The highest BCUT2D eigenvalue weighted by Crippen LogP contribution is 1.96. The average Bonchev–Trinajstić information content (AvgIpc) is 2.32. The Bertz CT molecular complexity index is 151. The van der Waals surface area contributed by atoms with E-state index in [2.05, 4.69) is 11.3 Å². The molecule has 0 aliphatic rings. The van der Waals surface area contributed by atoms with Crippen molar-refractivity contribution in [1.29, 1.82) is 0 Å². The molecule has 16 heavy (non-hydrogen) atoms. The third-order valence-corrected chi connectivity index (χ3v) is 1.68. The summed E-state index contributed by atoms with van der Waals surface area (Å²) < 4.78 is 4.58. The van der Waals surface area contributed by atoms with E-state index in [1.165, 1.54) is 0 Å². The molecule has 0 bridgehead atoms. The Morgan fingerprint density at radius 1 is 1.19 bits per heavy atom. The summed E-state index contributed by atoms with van der Waals surface area (Å²) in [6, 6.07) is 0. The average molecular weight is 232 g/mol. The molecule has 0 aromatic heterocycles. The SMILES string of the molecule is C=CC(=O)OCCC.OCCCCCCO. The standard InChI is InChI=1S/C6H10O2.C6H14O2/c1-3-5-8-6(7)4-2;7-5-3-1-2-4-6-8/h4H,2-3,5H2,1H3;7-8H,1-6H2. The van der Waals surface area contributed by atoms with E-state index in [0.29, 0.717) is 6.61 Å². The first-order valence-electron chi connectivity index (χ1n) is 5.73. The van der Waals surface area contributed by atoms with Crippen molar-refractivity contribution in [2.75, 3.05) is 19.8 Å². The highest BCUT2D eigenvalue weighted by molar-refractivity contribution is 5.81. The summed E-state index contributed by atoms with van der Waals surface area (Å²) >= 11 is 0. The number of aliphatic hydroxyl groups is 2. The van der Waals surface area contributed by atoms with Gasteiger partial charge in [0.25, 0.3) is 0 Å². The molecule has 0 spiro atoms. The minimum absolute atomic E-state index is 0.283.